The Morgan fingerprint density at radius 1 is 1.11 bits per heavy atom. The van der Waals surface area contributed by atoms with Crippen LogP contribution in [-0.2, 0) is 14.3 Å². The topological polar surface area (TPSA) is 55.8 Å². The maximum atomic E-state index is 12.0. The van der Waals surface area contributed by atoms with Crippen LogP contribution in [0.1, 0.15) is 48.0 Å². The van der Waals surface area contributed by atoms with Crippen LogP contribution in [0.25, 0.3) is 0 Å². The van der Waals surface area contributed by atoms with Crippen LogP contribution < -0.4 is 0 Å². The van der Waals surface area contributed by atoms with E-state index < -0.39 is 23.7 Å². The molecular formula is C14H27NO4. The second-order valence-electron chi connectivity index (χ2n) is 6.89. The van der Waals surface area contributed by atoms with Gasteiger partial charge in [0.2, 0.25) is 0 Å². The molecule has 0 fully saturated rings. The van der Waals surface area contributed by atoms with Crippen LogP contribution in [0, 0.1) is 5.41 Å². The third-order valence-electron chi connectivity index (χ3n) is 2.43. The van der Waals surface area contributed by atoms with Gasteiger partial charge in [0.05, 0.1) is 7.11 Å². The van der Waals surface area contributed by atoms with E-state index in [4.69, 9.17) is 9.47 Å². The van der Waals surface area contributed by atoms with Gasteiger partial charge in [0.25, 0.3) is 0 Å². The van der Waals surface area contributed by atoms with E-state index >= 15 is 0 Å². The molecule has 19 heavy (non-hydrogen) atoms. The zero-order valence-corrected chi connectivity index (χ0v) is 13.4. The molecule has 0 bridgehead atoms. The zero-order valence-electron chi connectivity index (χ0n) is 13.4. The van der Waals surface area contributed by atoms with Gasteiger partial charge in [-0.25, -0.2) is 9.59 Å². The van der Waals surface area contributed by atoms with Crippen molar-refractivity contribution in [1.82, 2.24) is 4.90 Å². The Bertz CT molecular complexity index is 325. The number of rotatable bonds is 3. The number of hydrogen-bond acceptors (Lipinski definition) is 4. The van der Waals surface area contributed by atoms with Crippen molar-refractivity contribution in [3.8, 4) is 0 Å². The summed E-state index contributed by atoms with van der Waals surface area (Å²) in [6, 6.07) is -0.639. The highest BCUT2D eigenvalue weighted by molar-refractivity contribution is 5.81. The summed E-state index contributed by atoms with van der Waals surface area (Å²) in [6.07, 6.45) is -0.0118. The van der Waals surface area contributed by atoms with Crippen molar-refractivity contribution in [2.45, 2.75) is 59.6 Å². The molecule has 0 N–H and O–H groups in total. The van der Waals surface area contributed by atoms with Crippen molar-refractivity contribution in [2.75, 3.05) is 14.2 Å². The van der Waals surface area contributed by atoms with Gasteiger partial charge in [0.15, 0.2) is 0 Å². The molecule has 0 radical (unpaired) electrons. The van der Waals surface area contributed by atoms with Crippen molar-refractivity contribution in [3.05, 3.63) is 0 Å². The monoisotopic (exact) mass is 273 g/mol. The zero-order chi connectivity index (χ0) is 15.4. The van der Waals surface area contributed by atoms with E-state index in [2.05, 4.69) is 0 Å². The second kappa shape index (κ2) is 6.26. The molecule has 1 unspecified atom stereocenters. The molecular weight excluding hydrogens is 246 g/mol. The normalized spacial score (nSPS) is 13.7. The highest BCUT2D eigenvalue weighted by atomic mass is 16.6. The Morgan fingerprint density at radius 2 is 1.58 bits per heavy atom. The lowest BCUT2D eigenvalue weighted by molar-refractivity contribution is -0.147. The van der Waals surface area contributed by atoms with Crippen molar-refractivity contribution < 1.29 is 19.1 Å². The molecule has 0 aromatic carbocycles. The first kappa shape index (κ1) is 17.7. The summed E-state index contributed by atoms with van der Waals surface area (Å²) >= 11 is 0. The van der Waals surface area contributed by atoms with Crippen LogP contribution in [0.5, 0.6) is 0 Å². The minimum Gasteiger partial charge on any atom is -0.467 e. The number of hydrogen-bond donors (Lipinski definition) is 0. The minimum absolute atomic E-state index is 0.102. The summed E-state index contributed by atoms with van der Waals surface area (Å²) in [4.78, 5) is 25.1. The SMILES string of the molecule is COC(=O)C(CC(C)(C)C)N(C)C(=O)OC(C)(C)C. The molecule has 5 nitrogen and oxygen atoms in total. The highest BCUT2D eigenvalue weighted by Crippen LogP contribution is 2.24. The molecule has 0 aromatic heterocycles. The van der Waals surface area contributed by atoms with E-state index in [0.29, 0.717) is 6.42 Å². The number of nitrogens with zero attached hydrogens (tertiary/aromatic N) is 1. The van der Waals surface area contributed by atoms with E-state index in [0.717, 1.165) is 0 Å². The first-order valence-electron chi connectivity index (χ1n) is 6.41. The minimum atomic E-state index is -0.639. The second-order valence-corrected chi connectivity index (χ2v) is 6.89. The smallest absolute Gasteiger partial charge is 0.410 e. The van der Waals surface area contributed by atoms with E-state index in [1.807, 2.05) is 20.8 Å². The molecule has 0 aliphatic carbocycles. The molecule has 1 atom stereocenters. The fourth-order valence-corrected chi connectivity index (χ4v) is 1.56. The van der Waals surface area contributed by atoms with Gasteiger partial charge in [0, 0.05) is 7.05 Å². The Kier molecular flexibility index (Phi) is 5.84. The Morgan fingerprint density at radius 3 is 1.89 bits per heavy atom. The number of carbonyl (C=O) groups is 2. The Balaban J connectivity index is 4.96. The lowest BCUT2D eigenvalue weighted by Gasteiger charge is -2.32. The van der Waals surface area contributed by atoms with Crippen LogP contribution in [0.3, 0.4) is 0 Å². The first-order chi connectivity index (χ1) is 8.37. The average Bonchev–Trinajstić information content (AvgIpc) is 2.20. The summed E-state index contributed by atoms with van der Waals surface area (Å²) in [5, 5.41) is 0. The van der Waals surface area contributed by atoms with Crippen molar-refractivity contribution in [3.63, 3.8) is 0 Å². The molecule has 0 spiro atoms. The average molecular weight is 273 g/mol. The van der Waals surface area contributed by atoms with Gasteiger partial charge < -0.3 is 9.47 Å². The lowest BCUT2D eigenvalue weighted by atomic mass is 9.87. The third-order valence-corrected chi connectivity index (χ3v) is 2.43. The van der Waals surface area contributed by atoms with Gasteiger partial charge in [-0.05, 0) is 32.6 Å². The number of esters is 1. The number of carbonyl (C=O) groups excluding carboxylic acids is 2. The molecule has 5 heteroatoms. The summed E-state index contributed by atoms with van der Waals surface area (Å²) in [7, 11) is 2.88. The first-order valence-corrected chi connectivity index (χ1v) is 6.41. The van der Waals surface area contributed by atoms with Crippen LogP contribution >= 0.6 is 0 Å². The number of methoxy groups -OCH3 is 1. The van der Waals surface area contributed by atoms with Gasteiger partial charge >= 0.3 is 12.1 Å². The largest absolute Gasteiger partial charge is 0.467 e. The van der Waals surface area contributed by atoms with Crippen LogP contribution in [0.15, 0.2) is 0 Å². The lowest BCUT2D eigenvalue weighted by Crippen LogP contribution is -2.46. The van der Waals surface area contributed by atoms with Gasteiger partial charge in [-0.2, -0.15) is 0 Å². The summed E-state index contributed by atoms with van der Waals surface area (Å²) in [5.74, 6) is -0.428. The van der Waals surface area contributed by atoms with Crippen LogP contribution in [0.2, 0.25) is 0 Å². The summed E-state index contributed by atoms with van der Waals surface area (Å²) in [5.41, 5.74) is -0.692. The maximum absolute atomic E-state index is 12.0. The number of amides is 1. The molecule has 0 heterocycles. The van der Waals surface area contributed by atoms with E-state index in [1.54, 1.807) is 27.8 Å². The molecule has 112 valence electrons. The molecule has 0 saturated carbocycles. The molecule has 0 saturated heterocycles. The van der Waals surface area contributed by atoms with Crippen LogP contribution in [0.4, 0.5) is 4.79 Å². The van der Waals surface area contributed by atoms with E-state index in [-0.39, 0.29) is 5.41 Å². The van der Waals surface area contributed by atoms with Crippen molar-refractivity contribution in [2.24, 2.45) is 5.41 Å². The van der Waals surface area contributed by atoms with Crippen molar-refractivity contribution in [1.29, 1.82) is 0 Å². The van der Waals surface area contributed by atoms with E-state index in [9.17, 15) is 9.59 Å². The number of likely N-dealkylation sites (N-methyl/N-ethyl adjacent to an activating group) is 1. The number of ether oxygens (including phenoxy) is 2. The predicted molar refractivity (Wildman–Crippen MR) is 73.9 cm³/mol. The van der Waals surface area contributed by atoms with Gasteiger partial charge in [-0.3, -0.25) is 4.90 Å². The third kappa shape index (κ3) is 7.03. The van der Waals surface area contributed by atoms with Gasteiger partial charge in [-0.15, -0.1) is 0 Å². The summed E-state index contributed by atoms with van der Waals surface area (Å²) in [6.45, 7) is 11.4. The van der Waals surface area contributed by atoms with Crippen molar-refractivity contribution >= 4 is 12.1 Å². The molecule has 0 aliphatic rings. The van der Waals surface area contributed by atoms with E-state index in [1.165, 1.54) is 12.0 Å². The molecule has 1 amide bonds. The summed E-state index contributed by atoms with van der Waals surface area (Å²) < 4.78 is 10.0. The molecule has 0 rings (SSSR count). The quantitative estimate of drug-likeness (QED) is 0.742. The van der Waals surface area contributed by atoms with Crippen LogP contribution in [-0.4, -0.2) is 42.8 Å². The Labute approximate surface area is 116 Å². The van der Waals surface area contributed by atoms with Gasteiger partial charge in [-0.1, -0.05) is 20.8 Å². The standard InChI is InChI=1S/C14H27NO4/c1-13(2,3)9-10(11(16)18-8)15(7)12(17)19-14(4,5)6/h10H,9H2,1-8H3. The van der Waals surface area contributed by atoms with Gasteiger partial charge in [0.1, 0.15) is 11.6 Å². The fourth-order valence-electron chi connectivity index (χ4n) is 1.56. The molecule has 0 aromatic rings. The maximum Gasteiger partial charge on any atom is 0.410 e. The predicted octanol–water partition coefficient (Wildman–Crippen LogP) is 2.83. The molecule has 0 aliphatic heterocycles. The Hall–Kier alpha value is -1.26. The fraction of sp³-hybridized carbons (Fsp3) is 0.857. The highest BCUT2D eigenvalue weighted by Gasteiger charge is 2.33.